The molecule has 0 bridgehead atoms. The number of halogens is 1. The van der Waals surface area contributed by atoms with Crippen LogP contribution in [0.25, 0.3) is 0 Å². The second-order valence-corrected chi connectivity index (χ2v) is 4.94. The molecule has 5 heteroatoms. The Hall–Kier alpha value is -0.490. The summed E-state index contributed by atoms with van der Waals surface area (Å²) in [5.41, 5.74) is 3.82. The van der Waals surface area contributed by atoms with Gasteiger partial charge in [-0.15, -0.1) is 0 Å². The van der Waals surface area contributed by atoms with Crippen molar-refractivity contribution in [1.29, 1.82) is 0 Å². The molecule has 3 N–H and O–H groups in total. The number of hydrogen-bond acceptors (Lipinski definition) is 4. The molecule has 0 aromatic carbocycles. The lowest BCUT2D eigenvalue weighted by molar-refractivity contribution is 0.0383. The summed E-state index contributed by atoms with van der Waals surface area (Å²) in [6.07, 6.45) is 4.02. The van der Waals surface area contributed by atoms with Gasteiger partial charge in [0.1, 0.15) is 0 Å². The Balaban J connectivity index is 2.11. The van der Waals surface area contributed by atoms with Gasteiger partial charge in [0, 0.05) is 23.2 Å². The zero-order valence-corrected chi connectivity index (χ0v) is 10.6. The third-order valence-electron chi connectivity index (χ3n) is 2.92. The number of hydrazine groups is 1. The molecule has 88 valence electrons. The Bertz CT molecular complexity index is 325. The first-order valence-corrected chi connectivity index (χ1v) is 6.26. The highest BCUT2D eigenvalue weighted by atomic mass is 79.9. The molecule has 1 saturated heterocycles. The molecule has 0 spiro atoms. The number of aromatic nitrogens is 1. The van der Waals surface area contributed by atoms with Gasteiger partial charge in [0.2, 0.25) is 0 Å². The molecule has 1 aliphatic heterocycles. The van der Waals surface area contributed by atoms with Crippen LogP contribution in [0.15, 0.2) is 22.8 Å². The van der Waals surface area contributed by atoms with Crippen molar-refractivity contribution < 1.29 is 4.74 Å². The molecule has 1 fully saturated rings. The van der Waals surface area contributed by atoms with Gasteiger partial charge in [-0.05, 0) is 40.9 Å². The lowest BCUT2D eigenvalue weighted by Crippen LogP contribution is -2.37. The maximum Gasteiger partial charge on any atom is 0.0682 e. The van der Waals surface area contributed by atoms with Crippen molar-refractivity contribution in [3.8, 4) is 0 Å². The molecule has 0 amide bonds. The summed E-state index contributed by atoms with van der Waals surface area (Å²) in [6, 6.07) is 4.05. The van der Waals surface area contributed by atoms with Crippen LogP contribution in [0.5, 0.6) is 0 Å². The van der Waals surface area contributed by atoms with E-state index in [-0.39, 0.29) is 6.04 Å². The number of rotatable bonds is 3. The average molecular weight is 286 g/mol. The predicted octanol–water partition coefficient (Wildman–Crippen LogP) is 1.78. The molecule has 1 aromatic rings. The lowest BCUT2D eigenvalue weighted by Gasteiger charge is -2.29. The summed E-state index contributed by atoms with van der Waals surface area (Å²) in [5, 5.41) is 0. The van der Waals surface area contributed by atoms with Crippen molar-refractivity contribution in [2.45, 2.75) is 18.9 Å². The van der Waals surface area contributed by atoms with E-state index < -0.39 is 0 Å². The van der Waals surface area contributed by atoms with Crippen LogP contribution in [0.3, 0.4) is 0 Å². The fraction of sp³-hybridized carbons (Fsp3) is 0.545. The van der Waals surface area contributed by atoms with Crippen LogP contribution in [-0.4, -0.2) is 18.2 Å². The van der Waals surface area contributed by atoms with Gasteiger partial charge in [0.25, 0.3) is 0 Å². The van der Waals surface area contributed by atoms with E-state index >= 15 is 0 Å². The van der Waals surface area contributed by atoms with E-state index in [0.29, 0.717) is 5.92 Å². The van der Waals surface area contributed by atoms with Crippen LogP contribution in [0.1, 0.15) is 24.6 Å². The minimum atomic E-state index is 0.0772. The van der Waals surface area contributed by atoms with Crippen molar-refractivity contribution >= 4 is 15.9 Å². The van der Waals surface area contributed by atoms with E-state index in [1.54, 1.807) is 6.20 Å². The van der Waals surface area contributed by atoms with Crippen LogP contribution in [-0.2, 0) is 4.74 Å². The van der Waals surface area contributed by atoms with Crippen LogP contribution in [0.2, 0.25) is 0 Å². The lowest BCUT2D eigenvalue weighted by atomic mass is 9.92. The number of nitrogens with zero attached hydrogens (tertiary/aromatic N) is 1. The van der Waals surface area contributed by atoms with Crippen LogP contribution >= 0.6 is 15.9 Å². The number of nitrogens with two attached hydrogens (primary N) is 1. The number of pyridine rings is 1. The summed E-state index contributed by atoms with van der Waals surface area (Å²) in [4.78, 5) is 4.38. The summed E-state index contributed by atoms with van der Waals surface area (Å²) in [7, 11) is 0. The maximum absolute atomic E-state index is 5.62. The van der Waals surface area contributed by atoms with Crippen LogP contribution in [0, 0.1) is 5.92 Å². The molecule has 16 heavy (non-hydrogen) atoms. The van der Waals surface area contributed by atoms with Gasteiger partial charge in [-0.2, -0.15) is 0 Å². The Morgan fingerprint density at radius 3 is 3.00 bits per heavy atom. The molecule has 2 unspecified atom stereocenters. The van der Waals surface area contributed by atoms with Crippen molar-refractivity contribution in [3.63, 3.8) is 0 Å². The Morgan fingerprint density at radius 2 is 2.44 bits per heavy atom. The molecule has 4 nitrogen and oxygen atoms in total. The predicted molar refractivity (Wildman–Crippen MR) is 65.5 cm³/mol. The highest BCUT2D eigenvalue weighted by Crippen LogP contribution is 2.27. The molecule has 0 aliphatic carbocycles. The Labute approximate surface area is 104 Å². The first kappa shape index (κ1) is 12.0. The summed E-state index contributed by atoms with van der Waals surface area (Å²) in [6.45, 7) is 1.62. The summed E-state index contributed by atoms with van der Waals surface area (Å²) < 4.78 is 6.46. The molecule has 2 atom stereocenters. The first-order chi connectivity index (χ1) is 7.81. The first-order valence-electron chi connectivity index (χ1n) is 5.46. The highest BCUT2D eigenvalue weighted by molar-refractivity contribution is 9.10. The Morgan fingerprint density at radius 1 is 1.56 bits per heavy atom. The van der Waals surface area contributed by atoms with E-state index in [2.05, 4.69) is 26.3 Å². The average Bonchev–Trinajstić information content (AvgIpc) is 2.34. The topological polar surface area (TPSA) is 60.2 Å². The third kappa shape index (κ3) is 2.79. The Kier molecular flexibility index (Phi) is 4.29. The second kappa shape index (κ2) is 5.72. The number of ether oxygens (including phenoxy) is 1. The third-order valence-corrected chi connectivity index (χ3v) is 3.38. The maximum atomic E-state index is 5.62. The SMILES string of the molecule is NNC(c1ccc(Br)cn1)C1CCCOC1. The zero-order chi connectivity index (χ0) is 11.4. The summed E-state index contributed by atoms with van der Waals surface area (Å²) >= 11 is 3.37. The quantitative estimate of drug-likeness (QED) is 0.657. The largest absolute Gasteiger partial charge is 0.381 e. The molecule has 0 radical (unpaired) electrons. The van der Waals surface area contributed by atoms with Crippen molar-refractivity contribution in [3.05, 3.63) is 28.5 Å². The number of hydrogen-bond donors (Lipinski definition) is 2. The van der Waals surface area contributed by atoms with Gasteiger partial charge in [-0.3, -0.25) is 16.3 Å². The van der Waals surface area contributed by atoms with Crippen LogP contribution in [0.4, 0.5) is 0 Å². The number of nitrogens with one attached hydrogen (secondary N) is 1. The zero-order valence-electron chi connectivity index (χ0n) is 9.03. The van der Waals surface area contributed by atoms with Gasteiger partial charge >= 0.3 is 0 Å². The summed E-state index contributed by atoms with van der Waals surface area (Å²) in [5.74, 6) is 6.03. The minimum Gasteiger partial charge on any atom is -0.381 e. The molecule has 1 aliphatic rings. The fourth-order valence-electron chi connectivity index (χ4n) is 2.06. The fourth-order valence-corrected chi connectivity index (χ4v) is 2.30. The highest BCUT2D eigenvalue weighted by Gasteiger charge is 2.25. The van der Waals surface area contributed by atoms with Crippen molar-refractivity contribution in [1.82, 2.24) is 10.4 Å². The van der Waals surface area contributed by atoms with Gasteiger partial charge < -0.3 is 4.74 Å². The van der Waals surface area contributed by atoms with E-state index in [0.717, 1.165) is 36.2 Å². The van der Waals surface area contributed by atoms with Gasteiger partial charge in [0.05, 0.1) is 18.3 Å². The molecular formula is C11H16BrN3O. The molecule has 2 rings (SSSR count). The van der Waals surface area contributed by atoms with E-state index in [4.69, 9.17) is 10.6 Å². The molecule has 0 saturated carbocycles. The monoisotopic (exact) mass is 285 g/mol. The normalized spacial score (nSPS) is 23.0. The molecule has 2 heterocycles. The van der Waals surface area contributed by atoms with Gasteiger partial charge in [-0.1, -0.05) is 0 Å². The van der Waals surface area contributed by atoms with E-state index in [9.17, 15) is 0 Å². The van der Waals surface area contributed by atoms with Gasteiger partial charge in [0.15, 0.2) is 0 Å². The smallest absolute Gasteiger partial charge is 0.0682 e. The van der Waals surface area contributed by atoms with Crippen molar-refractivity contribution in [2.75, 3.05) is 13.2 Å². The minimum absolute atomic E-state index is 0.0772. The second-order valence-electron chi connectivity index (χ2n) is 4.02. The molecular weight excluding hydrogens is 270 g/mol. The van der Waals surface area contributed by atoms with Gasteiger partial charge in [-0.25, -0.2) is 0 Å². The van der Waals surface area contributed by atoms with E-state index in [1.165, 1.54) is 0 Å². The molecule has 1 aromatic heterocycles. The standard InChI is InChI=1S/C11H16BrN3O/c12-9-3-4-10(14-6-9)11(15-13)8-2-1-5-16-7-8/h3-4,6,8,11,15H,1-2,5,7,13H2. The van der Waals surface area contributed by atoms with Crippen LogP contribution < -0.4 is 11.3 Å². The van der Waals surface area contributed by atoms with Crippen molar-refractivity contribution in [2.24, 2.45) is 11.8 Å². The van der Waals surface area contributed by atoms with E-state index in [1.807, 2.05) is 12.1 Å².